The summed E-state index contributed by atoms with van der Waals surface area (Å²) in [5.41, 5.74) is 6.19. The first-order valence-corrected chi connectivity index (χ1v) is 7.08. The lowest BCUT2D eigenvalue weighted by molar-refractivity contribution is -0.128. The van der Waals surface area contributed by atoms with Crippen LogP contribution in [0.4, 0.5) is 0 Å². The predicted molar refractivity (Wildman–Crippen MR) is 82.2 cm³/mol. The Labute approximate surface area is 125 Å². The number of benzene rings is 1. The first-order chi connectivity index (χ1) is 9.24. The average molecular weight is 299 g/mol. The fourth-order valence-corrected chi connectivity index (χ4v) is 1.98. The minimum atomic E-state index is -0.620. The lowest BCUT2D eigenvalue weighted by Crippen LogP contribution is -2.46. The summed E-state index contributed by atoms with van der Waals surface area (Å²) in [6.45, 7) is 7.97. The molecule has 0 heterocycles. The monoisotopic (exact) mass is 298 g/mol. The Balaban J connectivity index is 2.84. The number of halogens is 1. The van der Waals surface area contributed by atoms with E-state index >= 15 is 0 Å². The zero-order valence-corrected chi connectivity index (χ0v) is 13.3. The van der Waals surface area contributed by atoms with Gasteiger partial charge in [0.1, 0.15) is 5.75 Å². The molecule has 1 rings (SSSR count). The third kappa shape index (κ3) is 5.02. The van der Waals surface area contributed by atoms with Gasteiger partial charge in [0.25, 0.3) is 5.91 Å². The second-order valence-electron chi connectivity index (χ2n) is 5.77. The topological polar surface area (TPSA) is 64.3 Å². The van der Waals surface area contributed by atoms with E-state index in [0.29, 0.717) is 23.7 Å². The molecule has 0 radical (unpaired) electrons. The van der Waals surface area contributed by atoms with Crippen LogP contribution < -0.4 is 15.8 Å². The highest BCUT2D eigenvalue weighted by molar-refractivity contribution is 6.32. The number of ether oxygens (including phenoxy) is 1. The maximum Gasteiger partial charge on any atom is 0.261 e. The smallest absolute Gasteiger partial charge is 0.261 e. The van der Waals surface area contributed by atoms with Gasteiger partial charge in [-0.05, 0) is 52.3 Å². The standard InChI is InChI=1S/C15H23ClN2O2/c1-10(14(19)18-15(2,3)4)20-13-11(8-9-17)6-5-7-12(13)16/h5-7,10H,8-9,17H2,1-4H3,(H,18,19). The summed E-state index contributed by atoms with van der Waals surface area (Å²) in [7, 11) is 0. The molecule has 20 heavy (non-hydrogen) atoms. The van der Waals surface area contributed by atoms with Crippen LogP contribution in [0.3, 0.4) is 0 Å². The van der Waals surface area contributed by atoms with Crippen molar-refractivity contribution in [1.82, 2.24) is 5.32 Å². The summed E-state index contributed by atoms with van der Waals surface area (Å²) >= 11 is 6.15. The van der Waals surface area contributed by atoms with Gasteiger partial charge in [0, 0.05) is 5.54 Å². The highest BCUT2D eigenvalue weighted by Crippen LogP contribution is 2.29. The molecule has 0 spiro atoms. The molecule has 1 unspecified atom stereocenters. The Bertz CT molecular complexity index is 469. The van der Waals surface area contributed by atoms with E-state index < -0.39 is 6.10 Å². The van der Waals surface area contributed by atoms with Crippen molar-refractivity contribution in [2.75, 3.05) is 6.54 Å². The van der Waals surface area contributed by atoms with Crippen LogP contribution >= 0.6 is 11.6 Å². The molecule has 112 valence electrons. The van der Waals surface area contributed by atoms with Gasteiger partial charge in [0.05, 0.1) is 5.02 Å². The van der Waals surface area contributed by atoms with Crippen molar-refractivity contribution in [3.63, 3.8) is 0 Å². The molecular weight excluding hydrogens is 276 g/mol. The maximum atomic E-state index is 12.0. The summed E-state index contributed by atoms with van der Waals surface area (Å²) in [4.78, 5) is 12.0. The Morgan fingerprint density at radius 1 is 1.45 bits per heavy atom. The molecule has 0 aliphatic heterocycles. The molecule has 0 saturated heterocycles. The number of nitrogens with one attached hydrogen (secondary N) is 1. The summed E-state index contributed by atoms with van der Waals surface area (Å²) in [5, 5.41) is 3.37. The Morgan fingerprint density at radius 2 is 2.10 bits per heavy atom. The third-order valence-corrected chi connectivity index (χ3v) is 2.92. The minimum Gasteiger partial charge on any atom is -0.479 e. The average Bonchev–Trinajstić information content (AvgIpc) is 2.31. The van der Waals surface area contributed by atoms with E-state index in [9.17, 15) is 4.79 Å². The quantitative estimate of drug-likeness (QED) is 0.878. The first-order valence-electron chi connectivity index (χ1n) is 6.70. The van der Waals surface area contributed by atoms with E-state index in [1.807, 2.05) is 32.9 Å². The molecular formula is C15H23ClN2O2. The van der Waals surface area contributed by atoms with Gasteiger partial charge in [-0.1, -0.05) is 23.7 Å². The van der Waals surface area contributed by atoms with Gasteiger partial charge in [0.15, 0.2) is 6.10 Å². The molecule has 0 aliphatic rings. The molecule has 5 heteroatoms. The molecule has 1 aromatic carbocycles. The van der Waals surface area contributed by atoms with Gasteiger partial charge < -0.3 is 15.8 Å². The van der Waals surface area contributed by atoms with Crippen molar-refractivity contribution in [2.24, 2.45) is 5.73 Å². The van der Waals surface area contributed by atoms with E-state index in [2.05, 4.69) is 5.32 Å². The van der Waals surface area contributed by atoms with E-state index in [1.54, 1.807) is 13.0 Å². The van der Waals surface area contributed by atoms with Gasteiger partial charge in [-0.2, -0.15) is 0 Å². The van der Waals surface area contributed by atoms with Crippen LogP contribution in [0, 0.1) is 0 Å². The van der Waals surface area contributed by atoms with E-state index in [4.69, 9.17) is 22.1 Å². The van der Waals surface area contributed by atoms with Crippen LogP contribution in [0.2, 0.25) is 5.02 Å². The van der Waals surface area contributed by atoms with Crippen LogP contribution in [0.15, 0.2) is 18.2 Å². The zero-order chi connectivity index (χ0) is 15.3. The Morgan fingerprint density at radius 3 is 2.65 bits per heavy atom. The lowest BCUT2D eigenvalue weighted by atomic mass is 10.1. The van der Waals surface area contributed by atoms with Crippen LogP contribution in [0.5, 0.6) is 5.75 Å². The highest BCUT2D eigenvalue weighted by Gasteiger charge is 2.22. The van der Waals surface area contributed by atoms with E-state index in [1.165, 1.54) is 0 Å². The van der Waals surface area contributed by atoms with Crippen molar-refractivity contribution < 1.29 is 9.53 Å². The second kappa shape index (κ2) is 6.95. The largest absolute Gasteiger partial charge is 0.479 e. The molecule has 3 N–H and O–H groups in total. The molecule has 4 nitrogen and oxygen atoms in total. The normalized spacial score (nSPS) is 12.9. The summed E-state index contributed by atoms with van der Waals surface area (Å²) < 4.78 is 5.74. The van der Waals surface area contributed by atoms with Crippen molar-refractivity contribution in [1.29, 1.82) is 0 Å². The predicted octanol–water partition coefficient (Wildman–Crippen LogP) is 2.52. The van der Waals surface area contributed by atoms with Crippen LogP contribution in [0.25, 0.3) is 0 Å². The van der Waals surface area contributed by atoms with Gasteiger partial charge in [0.2, 0.25) is 0 Å². The number of carbonyl (C=O) groups is 1. The first kappa shape index (κ1) is 16.8. The summed E-state index contributed by atoms with van der Waals surface area (Å²) in [6, 6.07) is 5.49. The zero-order valence-electron chi connectivity index (χ0n) is 12.5. The van der Waals surface area contributed by atoms with E-state index in [-0.39, 0.29) is 11.4 Å². The van der Waals surface area contributed by atoms with Gasteiger partial charge in [-0.3, -0.25) is 4.79 Å². The molecule has 1 aromatic rings. The maximum absolute atomic E-state index is 12.0. The van der Waals surface area contributed by atoms with Gasteiger partial charge in [-0.25, -0.2) is 0 Å². The third-order valence-electron chi connectivity index (χ3n) is 2.62. The minimum absolute atomic E-state index is 0.170. The van der Waals surface area contributed by atoms with Gasteiger partial charge in [-0.15, -0.1) is 0 Å². The van der Waals surface area contributed by atoms with Crippen LogP contribution in [-0.2, 0) is 11.2 Å². The van der Waals surface area contributed by atoms with Crippen molar-refractivity contribution in [2.45, 2.75) is 45.8 Å². The number of hydrogen-bond donors (Lipinski definition) is 2. The van der Waals surface area contributed by atoms with Crippen molar-refractivity contribution in [3.8, 4) is 5.75 Å². The number of nitrogens with two attached hydrogens (primary N) is 1. The lowest BCUT2D eigenvalue weighted by Gasteiger charge is -2.24. The van der Waals surface area contributed by atoms with E-state index in [0.717, 1.165) is 5.56 Å². The molecule has 0 saturated carbocycles. The van der Waals surface area contributed by atoms with Crippen LogP contribution in [-0.4, -0.2) is 24.1 Å². The van der Waals surface area contributed by atoms with Crippen LogP contribution in [0.1, 0.15) is 33.3 Å². The number of amides is 1. The molecule has 0 bridgehead atoms. The second-order valence-corrected chi connectivity index (χ2v) is 6.17. The van der Waals surface area contributed by atoms with Crippen molar-refractivity contribution >= 4 is 17.5 Å². The number of carbonyl (C=O) groups excluding carboxylic acids is 1. The number of para-hydroxylation sites is 1. The summed E-state index contributed by atoms with van der Waals surface area (Å²) in [6.07, 6.45) is 0.0365. The Kier molecular flexibility index (Phi) is 5.84. The molecule has 0 aromatic heterocycles. The molecule has 0 fully saturated rings. The van der Waals surface area contributed by atoms with Crippen molar-refractivity contribution in [3.05, 3.63) is 28.8 Å². The molecule has 0 aliphatic carbocycles. The summed E-state index contributed by atoms with van der Waals surface area (Å²) in [5.74, 6) is 0.368. The highest BCUT2D eigenvalue weighted by atomic mass is 35.5. The SMILES string of the molecule is CC(Oc1c(Cl)cccc1CCN)C(=O)NC(C)(C)C. The fraction of sp³-hybridized carbons (Fsp3) is 0.533. The molecule has 1 atom stereocenters. The fourth-order valence-electron chi connectivity index (χ4n) is 1.74. The Hall–Kier alpha value is -1.26. The molecule has 1 amide bonds. The number of rotatable bonds is 5. The number of hydrogen-bond acceptors (Lipinski definition) is 3. The van der Waals surface area contributed by atoms with Gasteiger partial charge >= 0.3 is 0 Å².